The lowest BCUT2D eigenvalue weighted by Gasteiger charge is -2.57. The number of rotatable bonds is 6. The lowest BCUT2D eigenvalue weighted by molar-refractivity contribution is 0.0127. The van der Waals surface area contributed by atoms with Crippen LogP contribution in [0.5, 0.6) is 0 Å². The molecule has 110 valence electrons. The maximum absolute atomic E-state index is 3.80. The van der Waals surface area contributed by atoms with E-state index in [1.807, 2.05) is 0 Å². The van der Waals surface area contributed by atoms with E-state index < -0.39 is 0 Å². The Morgan fingerprint density at radius 1 is 1.05 bits per heavy atom. The maximum Gasteiger partial charge on any atom is 0.00884 e. The van der Waals surface area contributed by atoms with Crippen LogP contribution in [-0.2, 0) is 5.41 Å². The van der Waals surface area contributed by atoms with Crippen molar-refractivity contribution in [2.45, 2.75) is 70.8 Å². The largest absolute Gasteiger partial charge is 0.313 e. The van der Waals surface area contributed by atoms with Gasteiger partial charge in [-0.2, -0.15) is 0 Å². The van der Waals surface area contributed by atoms with Gasteiger partial charge < -0.3 is 5.32 Å². The highest BCUT2D eigenvalue weighted by Crippen LogP contribution is 2.59. The van der Waals surface area contributed by atoms with E-state index in [1.165, 1.54) is 50.6 Å². The molecule has 0 radical (unpaired) electrons. The highest BCUT2D eigenvalue weighted by molar-refractivity contribution is 5.33. The Balaban J connectivity index is 1.79. The zero-order valence-corrected chi connectivity index (χ0v) is 13.3. The summed E-state index contributed by atoms with van der Waals surface area (Å²) in [5.74, 6) is 0. The predicted octanol–water partition coefficient (Wildman–Crippen LogP) is 4.59. The molecule has 1 aromatic carbocycles. The molecule has 1 nitrogen and oxygen atoms in total. The van der Waals surface area contributed by atoms with Gasteiger partial charge in [0.1, 0.15) is 0 Å². The molecule has 1 aromatic rings. The fraction of sp³-hybridized carbons (Fsp3) is 0.684. The van der Waals surface area contributed by atoms with Crippen molar-refractivity contribution in [1.82, 2.24) is 5.32 Å². The molecule has 1 heteroatoms. The van der Waals surface area contributed by atoms with Gasteiger partial charge in [0.05, 0.1) is 0 Å². The molecular weight excluding hydrogens is 242 g/mol. The summed E-state index contributed by atoms with van der Waals surface area (Å²) in [7, 11) is 0. The zero-order valence-electron chi connectivity index (χ0n) is 13.3. The van der Waals surface area contributed by atoms with E-state index in [4.69, 9.17) is 0 Å². The molecule has 2 aliphatic rings. The monoisotopic (exact) mass is 271 g/mol. The first-order valence-corrected chi connectivity index (χ1v) is 8.42. The molecule has 0 amide bonds. The van der Waals surface area contributed by atoms with Crippen LogP contribution in [0.25, 0.3) is 0 Å². The van der Waals surface area contributed by atoms with E-state index in [0.29, 0.717) is 10.8 Å². The van der Waals surface area contributed by atoms with Gasteiger partial charge in [-0.05, 0) is 43.6 Å². The van der Waals surface area contributed by atoms with Crippen molar-refractivity contribution < 1.29 is 0 Å². The standard InChI is InChI=1S/C19H29N/c1-4-18(5-2)12-19(13-18,14-20-17-10-11-17)16-8-6-15(3)7-9-16/h6-9,17,20H,4-5,10-14H2,1-3H3. The summed E-state index contributed by atoms with van der Waals surface area (Å²) in [5, 5.41) is 3.80. The van der Waals surface area contributed by atoms with Crippen LogP contribution in [-0.4, -0.2) is 12.6 Å². The van der Waals surface area contributed by atoms with E-state index in [0.717, 1.165) is 6.04 Å². The molecule has 2 fully saturated rings. The second-order valence-corrected chi connectivity index (χ2v) is 7.36. The van der Waals surface area contributed by atoms with E-state index >= 15 is 0 Å². The van der Waals surface area contributed by atoms with Crippen LogP contribution < -0.4 is 5.32 Å². The van der Waals surface area contributed by atoms with E-state index in [-0.39, 0.29) is 0 Å². The molecule has 2 aliphatic carbocycles. The van der Waals surface area contributed by atoms with Gasteiger partial charge >= 0.3 is 0 Å². The Morgan fingerprint density at radius 2 is 1.65 bits per heavy atom. The minimum Gasteiger partial charge on any atom is -0.313 e. The van der Waals surface area contributed by atoms with Crippen molar-refractivity contribution >= 4 is 0 Å². The third-order valence-corrected chi connectivity index (χ3v) is 5.90. The second-order valence-electron chi connectivity index (χ2n) is 7.36. The lowest BCUT2D eigenvalue weighted by Crippen LogP contribution is -2.54. The molecule has 0 saturated heterocycles. The molecule has 2 saturated carbocycles. The third kappa shape index (κ3) is 2.53. The van der Waals surface area contributed by atoms with Crippen molar-refractivity contribution in [2.24, 2.45) is 5.41 Å². The first-order valence-electron chi connectivity index (χ1n) is 8.42. The predicted molar refractivity (Wildman–Crippen MR) is 86.1 cm³/mol. The highest BCUT2D eigenvalue weighted by Gasteiger charge is 2.53. The molecule has 0 aliphatic heterocycles. The summed E-state index contributed by atoms with van der Waals surface area (Å²) in [4.78, 5) is 0. The summed E-state index contributed by atoms with van der Waals surface area (Å²) in [6, 6.07) is 10.1. The highest BCUT2D eigenvalue weighted by atomic mass is 15.0. The van der Waals surface area contributed by atoms with Gasteiger partial charge in [-0.15, -0.1) is 0 Å². The van der Waals surface area contributed by atoms with Gasteiger partial charge in [0, 0.05) is 18.0 Å². The third-order valence-electron chi connectivity index (χ3n) is 5.90. The minimum absolute atomic E-state index is 0.405. The van der Waals surface area contributed by atoms with Gasteiger partial charge in [-0.3, -0.25) is 0 Å². The average Bonchev–Trinajstić information content (AvgIpc) is 3.24. The summed E-state index contributed by atoms with van der Waals surface area (Å²) in [6.45, 7) is 8.11. The van der Waals surface area contributed by atoms with Crippen LogP contribution in [0.1, 0.15) is 63.5 Å². The van der Waals surface area contributed by atoms with Gasteiger partial charge in [-0.25, -0.2) is 0 Å². The molecule has 0 unspecified atom stereocenters. The summed E-state index contributed by atoms with van der Waals surface area (Å²) >= 11 is 0. The molecular formula is C19H29N. The first-order chi connectivity index (χ1) is 9.61. The van der Waals surface area contributed by atoms with Crippen molar-refractivity contribution in [3.63, 3.8) is 0 Å². The molecule has 0 bridgehead atoms. The smallest absolute Gasteiger partial charge is 0.00884 e. The number of benzene rings is 1. The molecule has 0 spiro atoms. The van der Waals surface area contributed by atoms with E-state index in [2.05, 4.69) is 50.4 Å². The molecule has 0 aromatic heterocycles. The van der Waals surface area contributed by atoms with Crippen molar-refractivity contribution in [2.75, 3.05) is 6.54 Å². The number of hydrogen-bond donors (Lipinski definition) is 1. The Bertz CT molecular complexity index is 443. The quantitative estimate of drug-likeness (QED) is 0.798. The Labute approximate surface area is 124 Å². The molecule has 0 heterocycles. The molecule has 0 atom stereocenters. The maximum atomic E-state index is 3.80. The number of hydrogen-bond acceptors (Lipinski definition) is 1. The van der Waals surface area contributed by atoms with E-state index in [9.17, 15) is 0 Å². The Kier molecular flexibility index (Phi) is 3.66. The Morgan fingerprint density at radius 3 is 2.15 bits per heavy atom. The van der Waals surface area contributed by atoms with Crippen LogP contribution in [0, 0.1) is 12.3 Å². The van der Waals surface area contributed by atoms with Gasteiger partial charge in [0.25, 0.3) is 0 Å². The van der Waals surface area contributed by atoms with Crippen LogP contribution in [0.2, 0.25) is 0 Å². The average molecular weight is 271 g/mol. The van der Waals surface area contributed by atoms with Crippen molar-refractivity contribution in [3.8, 4) is 0 Å². The Hall–Kier alpha value is -0.820. The van der Waals surface area contributed by atoms with Crippen LogP contribution >= 0.6 is 0 Å². The fourth-order valence-electron chi connectivity index (χ4n) is 4.10. The van der Waals surface area contributed by atoms with Crippen LogP contribution in [0.4, 0.5) is 0 Å². The summed E-state index contributed by atoms with van der Waals surface area (Å²) in [6.07, 6.45) is 8.18. The second kappa shape index (κ2) is 5.18. The fourth-order valence-corrected chi connectivity index (χ4v) is 4.10. The summed E-state index contributed by atoms with van der Waals surface area (Å²) < 4.78 is 0. The van der Waals surface area contributed by atoms with Gasteiger partial charge in [0.15, 0.2) is 0 Å². The number of aryl methyl sites for hydroxylation is 1. The van der Waals surface area contributed by atoms with Gasteiger partial charge in [-0.1, -0.05) is 56.5 Å². The van der Waals surface area contributed by atoms with Crippen molar-refractivity contribution in [1.29, 1.82) is 0 Å². The molecule has 1 N–H and O–H groups in total. The van der Waals surface area contributed by atoms with E-state index in [1.54, 1.807) is 5.56 Å². The lowest BCUT2D eigenvalue weighted by atomic mass is 9.48. The minimum atomic E-state index is 0.405. The number of nitrogens with one attached hydrogen (secondary N) is 1. The summed E-state index contributed by atoms with van der Waals surface area (Å²) in [5.41, 5.74) is 3.95. The normalized spacial score (nSPS) is 23.4. The zero-order chi connectivity index (χ0) is 14.2. The SMILES string of the molecule is CCC1(CC)CC(CNC2CC2)(c2ccc(C)cc2)C1. The molecule has 3 rings (SSSR count). The van der Waals surface area contributed by atoms with Gasteiger partial charge in [0.2, 0.25) is 0 Å². The first kappa shape index (κ1) is 14.1. The van der Waals surface area contributed by atoms with Crippen molar-refractivity contribution in [3.05, 3.63) is 35.4 Å². The van der Waals surface area contributed by atoms with Crippen LogP contribution in [0.15, 0.2) is 24.3 Å². The molecule has 20 heavy (non-hydrogen) atoms. The topological polar surface area (TPSA) is 12.0 Å². The van der Waals surface area contributed by atoms with Crippen LogP contribution in [0.3, 0.4) is 0 Å².